The van der Waals surface area contributed by atoms with Gasteiger partial charge in [0.1, 0.15) is 16.2 Å². The van der Waals surface area contributed by atoms with Crippen LogP contribution in [0.15, 0.2) is 40.6 Å². The van der Waals surface area contributed by atoms with Crippen molar-refractivity contribution in [2.75, 3.05) is 6.29 Å². The van der Waals surface area contributed by atoms with E-state index in [1.165, 1.54) is 18.2 Å². The van der Waals surface area contributed by atoms with Gasteiger partial charge in [0.05, 0.1) is 20.3 Å². The highest BCUT2D eigenvalue weighted by Crippen LogP contribution is 2.45. The molecule has 168 valence electrons. The van der Waals surface area contributed by atoms with Crippen LogP contribution in [0.1, 0.15) is 5.56 Å². The molecular weight excluding hydrogens is 545 g/mol. The summed E-state index contributed by atoms with van der Waals surface area (Å²) in [5.74, 6) is -0.609. The molecule has 31 heavy (non-hydrogen) atoms. The number of fused-ring (bicyclic) bond motifs is 1. The molecule has 0 aliphatic heterocycles. The van der Waals surface area contributed by atoms with Crippen molar-refractivity contribution in [3.8, 4) is 5.75 Å². The molecule has 2 N–H and O–H groups in total. The molecule has 3 rings (SSSR count). The largest absolute Gasteiger partial charge is 0.424 e. The number of thiophene rings is 1. The Hall–Kier alpha value is -1.04. The Morgan fingerprint density at radius 2 is 1.68 bits per heavy atom. The van der Waals surface area contributed by atoms with Gasteiger partial charge in [-0.2, -0.15) is 17.9 Å². The zero-order valence-electron chi connectivity index (χ0n) is 14.8. The van der Waals surface area contributed by atoms with Crippen LogP contribution in [0.2, 0.25) is 15.1 Å². The molecule has 6 nitrogen and oxygen atoms in total. The van der Waals surface area contributed by atoms with E-state index in [0.29, 0.717) is 16.2 Å². The van der Waals surface area contributed by atoms with E-state index in [2.05, 4.69) is 0 Å². The van der Waals surface area contributed by atoms with Crippen LogP contribution in [-0.2, 0) is 20.8 Å². The molecule has 0 radical (unpaired) electrons. The van der Waals surface area contributed by atoms with E-state index < -0.39 is 46.4 Å². The Balaban J connectivity index is 1.79. The van der Waals surface area contributed by atoms with Gasteiger partial charge in [0.25, 0.3) is 10.0 Å². The second-order valence-corrected chi connectivity index (χ2v) is 12.1. The van der Waals surface area contributed by atoms with Gasteiger partial charge in [-0.15, -0.1) is 11.3 Å². The van der Waals surface area contributed by atoms with Gasteiger partial charge in [-0.05, 0) is 36.4 Å². The van der Waals surface area contributed by atoms with Crippen molar-refractivity contribution in [3.63, 3.8) is 0 Å². The minimum Gasteiger partial charge on any atom is -0.424 e. The monoisotopic (exact) mass is 553 g/mol. The first-order valence-corrected chi connectivity index (χ1v) is 13.1. The fourth-order valence-corrected chi connectivity index (χ4v) is 7.10. The number of halogens is 6. The summed E-state index contributed by atoms with van der Waals surface area (Å²) < 4.78 is 82.8. The summed E-state index contributed by atoms with van der Waals surface area (Å²) in [4.78, 5) is 9.92. The third-order valence-corrected chi connectivity index (χ3v) is 9.17. The fraction of sp³-hybridized carbons (Fsp3) is 0.125. The maximum absolute atomic E-state index is 12.9. The van der Waals surface area contributed by atoms with Crippen molar-refractivity contribution in [2.45, 2.75) is 10.4 Å². The summed E-state index contributed by atoms with van der Waals surface area (Å²) in [6, 6.07) is 6.45. The smallest absolute Gasteiger partial charge is 0.417 e. The number of benzene rings is 2. The number of sulfonamides is 1. The summed E-state index contributed by atoms with van der Waals surface area (Å²) in [6.07, 6.45) is -5.92. The predicted molar refractivity (Wildman–Crippen MR) is 114 cm³/mol. The van der Waals surface area contributed by atoms with Crippen LogP contribution in [0.4, 0.5) is 13.2 Å². The molecule has 1 heterocycles. The third-order valence-electron chi connectivity index (χ3n) is 3.77. The van der Waals surface area contributed by atoms with Gasteiger partial charge in [0, 0.05) is 10.4 Å². The molecule has 0 saturated heterocycles. The zero-order valence-corrected chi connectivity index (χ0v) is 19.6. The highest BCUT2D eigenvalue weighted by molar-refractivity contribution is 7.92. The lowest BCUT2D eigenvalue weighted by atomic mass is 10.2. The van der Waals surface area contributed by atoms with Crippen molar-refractivity contribution in [2.24, 2.45) is 0 Å². The van der Waals surface area contributed by atoms with E-state index in [9.17, 15) is 31.0 Å². The number of hydrogen-bond acceptors (Lipinski definition) is 5. The summed E-state index contributed by atoms with van der Waals surface area (Å²) in [6.45, 7) is 0. The molecule has 1 unspecified atom stereocenters. The summed E-state index contributed by atoms with van der Waals surface area (Å²) >= 11 is 18.3. The Labute approximate surface area is 193 Å². The van der Waals surface area contributed by atoms with Gasteiger partial charge in [0.15, 0.2) is 0 Å². The molecule has 0 saturated carbocycles. The third kappa shape index (κ3) is 5.66. The minimum atomic E-state index is -4.82. The van der Waals surface area contributed by atoms with Crippen LogP contribution in [0.3, 0.4) is 0 Å². The van der Waals surface area contributed by atoms with Crippen LogP contribution in [0, 0.1) is 0 Å². The van der Waals surface area contributed by atoms with Crippen LogP contribution in [0.25, 0.3) is 10.1 Å². The first kappa shape index (κ1) is 24.6. The first-order chi connectivity index (χ1) is 14.2. The molecule has 0 amide bonds. The van der Waals surface area contributed by atoms with Crippen LogP contribution >= 0.6 is 53.7 Å². The second-order valence-electron chi connectivity index (χ2n) is 6.01. The predicted octanol–water partition coefficient (Wildman–Crippen LogP) is 6.38. The van der Waals surface area contributed by atoms with E-state index in [4.69, 9.17) is 39.3 Å². The summed E-state index contributed by atoms with van der Waals surface area (Å²) in [5, 5.41) is 0.279. The van der Waals surface area contributed by atoms with Gasteiger partial charge in [-0.25, -0.2) is 13.0 Å². The maximum atomic E-state index is 12.9. The van der Waals surface area contributed by atoms with E-state index in [1.807, 2.05) is 4.72 Å². The molecule has 0 aliphatic rings. The Morgan fingerprint density at radius 3 is 2.29 bits per heavy atom. The summed E-state index contributed by atoms with van der Waals surface area (Å²) in [5.41, 5.74) is -1.27. The topological polar surface area (TPSA) is 92.7 Å². The van der Waals surface area contributed by atoms with Crippen molar-refractivity contribution < 1.29 is 35.6 Å². The molecule has 1 atom stereocenters. The van der Waals surface area contributed by atoms with E-state index in [-0.39, 0.29) is 14.3 Å². The van der Waals surface area contributed by atoms with Gasteiger partial charge in [0.2, 0.25) is 0 Å². The number of nitrogens with one attached hydrogen (secondary N) is 1. The Morgan fingerprint density at radius 1 is 1.06 bits per heavy atom. The number of hydrogen-bond donors (Lipinski definition) is 2. The number of alkyl halides is 3. The van der Waals surface area contributed by atoms with E-state index in [1.54, 1.807) is 0 Å². The summed E-state index contributed by atoms with van der Waals surface area (Å²) in [7, 11) is -9.00. The molecule has 0 fully saturated rings. The first-order valence-electron chi connectivity index (χ1n) is 7.95. The zero-order chi connectivity index (χ0) is 23.2. The second kappa shape index (κ2) is 8.72. The molecular formula is C16H10Cl3F3NO5PS2. The Bertz CT molecular complexity index is 1270. The molecule has 0 aliphatic carbocycles. The van der Waals surface area contributed by atoms with Gasteiger partial charge < -0.3 is 9.42 Å². The minimum absolute atomic E-state index is 0.233. The lowest BCUT2D eigenvalue weighted by molar-refractivity contribution is -0.137. The fourth-order valence-electron chi connectivity index (χ4n) is 2.38. The lowest BCUT2D eigenvalue weighted by Gasteiger charge is -2.16. The molecule has 2 aromatic carbocycles. The highest BCUT2D eigenvalue weighted by Gasteiger charge is 2.34. The van der Waals surface area contributed by atoms with Gasteiger partial charge >= 0.3 is 13.8 Å². The van der Waals surface area contributed by atoms with E-state index in [0.717, 1.165) is 23.5 Å². The van der Waals surface area contributed by atoms with Crippen molar-refractivity contribution in [1.29, 1.82) is 0 Å². The maximum Gasteiger partial charge on any atom is 0.417 e. The van der Waals surface area contributed by atoms with E-state index >= 15 is 0 Å². The SMILES string of the molecule is O=P(O)(CNS(=O)(=O)c1cc2c(Cl)ccc(Cl)c2s1)Oc1ccc(Cl)c(C(F)(F)F)c1. The normalized spacial score (nSPS) is 14.5. The van der Waals surface area contributed by atoms with Crippen LogP contribution < -0.4 is 9.25 Å². The van der Waals surface area contributed by atoms with Gasteiger partial charge in [-0.1, -0.05) is 34.8 Å². The molecule has 0 spiro atoms. The lowest BCUT2D eigenvalue weighted by Crippen LogP contribution is -2.25. The van der Waals surface area contributed by atoms with Crippen molar-refractivity contribution >= 4 is 73.8 Å². The van der Waals surface area contributed by atoms with Crippen LogP contribution in [-0.4, -0.2) is 19.6 Å². The average Bonchev–Trinajstić information content (AvgIpc) is 3.12. The standard InChI is InChI=1S/C16H10Cl3F3NO5PS2/c17-11-3-4-13(19)15-9(11)6-14(30-15)31(26,27)23-7-29(24,25)28-8-1-2-12(18)10(5-8)16(20,21)22/h1-6,23H,7H2,(H,24,25). The van der Waals surface area contributed by atoms with Crippen molar-refractivity contribution in [1.82, 2.24) is 4.72 Å². The quantitative estimate of drug-likeness (QED) is 0.345. The van der Waals surface area contributed by atoms with Crippen molar-refractivity contribution in [3.05, 3.63) is 57.0 Å². The number of rotatable bonds is 6. The highest BCUT2D eigenvalue weighted by atomic mass is 35.5. The molecule has 15 heteroatoms. The average molecular weight is 555 g/mol. The Kier molecular flexibility index (Phi) is 6.92. The molecule has 3 aromatic rings. The van der Waals surface area contributed by atoms with Crippen LogP contribution in [0.5, 0.6) is 5.75 Å². The molecule has 1 aromatic heterocycles. The molecule has 0 bridgehead atoms. The van der Waals surface area contributed by atoms with Gasteiger partial charge in [-0.3, -0.25) is 0 Å².